The lowest BCUT2D eigenvalue weighted by atomic mass is 10.1. The summed E-state index contributed by atoms with van der Waals surface area (Å²) < 4.78 is 0. The highest BCUT2D eigenvalue weighted by Crippen LogP contribution is 2.30. The van der Waals surface area contributed by atoms with Crippen LogP contribution in [-0.2, 0) is 6.54 Å². The molecule has 0 atom stereocenters. The lowest BCUT2D eigenvalue weighted by Crippen LogP contribution is -2.16. The predicted octanol–water partition coefficient (Wildman–Crippen LogP) is 4.52. The van der Waals surface area contributed by atoms with Crippen molar-refractivity contribution in [1.29, 1.82) is 0 Å². The third-order valence-corrected chi connectivity index (χ3v) is 4.92. The molecule has 2 nitrogen and oxygen atoms in total. The van der Waals surface area contributed by atoms with E-state index in [1.165, 1.54) is 34.2 Å². The van der Waals surface area contributed by atoms with Crippen LogP contribution in [0, 0.1) is 6.92 Å². The zero-order valence-electron chi connectivity index (χ0n) is 12.1. The molecule has 2 heterocycles. The second-order valence-electron chi connectivity index (χ2n) is 5.78. The van der Waals surface area contributed by atoms with Gasteiger partial charge in [0.05, 0.1) is 16.1 Å². The topological polar surface area (TPSA) is 24.9 Å². The summed E-state index contributed by atoms with van der Waals surface area (Å²) in [4.78, 5) is 6.24. The van der Waals surface area contributed by atoms with E-state index in [9.17, 15) is 0 Å². The van der Waals surface area contributed by atoms with Gasteiger partial charge in [0.1, 0.15) is 0 Å². The summed E-state index contributed by atoms with van der Waals surface area (Å²) in [7, 11) is 0. The van der Waals surface area contributed by atoms with Crippen molar-refractivity contribution in [3.8, 4) is 10.6 Å². The molecule has 3 heteroatoms. The Kier molecular flexibility index (Phi) is 3.24. The Morgan fingerprint density at radius 2 is 2.14 bits per heavy atom. The van der Waals surface area contributed by atoms with Crippen molar-refractivity contribution in [3.63, 3.8) is 0 Å². The maximum atomic E-state index is 4.99. The molecule has 0 bridgehead atoms. The summed E-state index contributed by atoms with van der Waals surface area (Å²) in [6, 6.07) is 13.7. The molecule has 1 saturated carbocycles. The van der Waals surface area contributed by atoms with Gasteiger partial charge >= 0.3 is 0 Å². The van der Waals surface area contributed by atoms with Crippen molar-refractivity contribution < 1.29 is 0 Å². The van der Waals surface area contributed by atoms with Gasteiger partial charge in [-0.15, -0.1) is 11.3 Å². The fourth-order valence-corrected chi connectivity index (χ4v) is 3.44. The Balaban J connectivity index is 1.85. The van der Waals surface area contributed by atoms with Crippen molar-refractivity contribution in [3.05, 3.63) is 52.9 Å². The molecule has 0 aliphatic heterocycles. The number of fused-ring (bicyclic) bond motifs is 1. The molecule has 106 valence electrons. The summed E-state index contributed by atoms with van der Waals surface area (Å²) in [5.41, 5.74) is 4.81. The Morgan fingerprint density at radius 1 is 1.24 bits per heavy atom. The van der Waals surface area contributed by atoms with Gasteiger partial charge in [0.2, 0.25) is 0 Å². The van der Waals surface area contributed by atoms with E-state index in [0.717, 1.165) is 23.8 Å². The molecule has 0 amide bonds. The van der Waals surface area contributed by atoms with E-state index in [1.807, 2.05) is 0 Å². The second-order valence-corrected chi connectivity index (χ2v) is 6.72. The minimum Gasteiger partial charge on any atom is -0.310 e. The van der Waals surface area contributed by atoms with Gasteiger partial charge in [0.25, 0.3) is 0 Å². The monoisotopic (exact) mass is 294 g/mol. The van der Waals surface area contributed by atoms with Crippen LogP contribution < -0.4 is 5.32 Å². The lowest BCUT2D eigenvalue weighted by molar-refractivity contribution is 0.688. The first-order valence-electron chi connectivity index (χ1n) is 7.48. The maximum absolute atomic E-state index is 4.99. The molecule has 0 spiro atoms. The van der Waals surface area contributed by atoms with Crippen LogP contribution in [0.4, 0.5) is 0 Å². The minimum absolute atomic E-state index is 0.717. The molecule has 1 N–H and O–H groups in total. The molecule has 1 aliphatic rings. The van der Waals surface area contributed by atoms with E-state index < -0.39 is 0 Å². The summed E-state index contributed by atoms with van der Waals surface area (Å²) in [6.45, 7) is 3.05. The van der Waals surface area contributed by atoms with Crippen LogP contribution in [0.2, 0.25) is 0 Å². The molecule has 0 radical (unpaired) electrons. The van der Waals surface area contributed by atoms with Gasteiger partial charge < -0.3 is 5.32 Å². The first-order valence-corrected chi connectivity index (χ1v) is 8.36. The molecule has 4 rings (SSSR count). The molecule has 1 fully saturated rings. The maximum Gasteiger partial charge on any atom is 0.0854 e. The molecule has 3 aromatic rings. The van der Waals surface area contributed by atoms with Gasteiger partial charge in [-0.25, -0.2) is 4.98 Å². The van der Waals surface area contributed by atoms with Gasteiger partial charge in [-0.3, -0.25) is 0 Å². The molecular formula is C18H18N2S. The smallest absolute Gasteiger partial charge is 0.0854 e. The highest BCUT2D eigenvalue weighted by Gasteiger charge is 2.21. The Hall–Kier alpha value is -1.71. The first kappa shape index (κ1) is 13.0. The molecular weight excluding hydrogens is 276 g/mol. The van der Waals surface area contributed by atoms with E-state index in [0.29, 0.717) is 0 Å². The zero-order valence-corrected chi connectivity index (χ0v) is 12.9. The summed E-state index contributed by atoms with van der Waals surface area (Å²) in [5.74, 6) is 0. The third-order valence-electron chi connectivity index (χ3n) is 4.04. The van der Waals surface area contributed by atoms with E-state index in [-0.39, 0.29) is 0 Å². The molecule has 1 aliphatic carbocycles. The zero-order chi connectivity index (χ0) is 14.2. The number of hydrogen-bond acceptors (Lipinski definition) is 3. The van der Waals surface area contributed by atoms with Crippen molar-refractivity contribution in [2.75, 3.05) is 0 Å². The Bertz CT molecular complexity index is 773. The summed E-state index contributed by atoms with van der Waals surface area (Å²) >= 11 is 1.76. The standard InChI is InChI=1S/C18H18N2S/c1-12-4-2-5-13-10-14(11-19-15-7-8-15)18(20-17(12)13)16-6-3-9-21-16/h2-6,9-10,15,19H,7-8,11H2,1H3. The SMILES string of the molecule is Cc1cccc2cc(CNC3CC3)c(-c3cccs3)nc12. The number of hydrogen-bond donors (Lipinski definition) is 1. The normalized spacial score (nSPS) is 14.7. The van der Waals surface area contributed by atoms with Crippen LogP contribution >= 0.6 is 11.3 Å². The van der Waals surface area contributed by atoms with Crippen LogP contribution in [0.25, 0.3) is 21.5 Å². The lowest BCUT2D eigenvalue weighted by Gasteiger charge is -2.11. The number of benzene rings is 1. The highest BCUT2D eigenvalue weighted by molar-refractivity contribution is 7.13. The predicted molar refractivity (Wildman–Crippen MR) is 89.7 cm³/mol. The van der Waals surface area contributed by atoms with E-state index >= 15 is 0 Å². The number of nitrogens with zero attached hydrogens (tertiary/aromatic N) is 1. The first-order chi connectivity index (χ1) is 10.3. The quantitative estimate of drug-likeness (QED) is 0.765. The fraction of sp³-hybridized carbons (Fsp3) is 0.278. The van der Waals surface area contributed by atoms with Gasteiger partial charge in [-0.05, 0) is 48.4 Å². The van der Waals surface area contributed by atoms with Crippen LogP contribution in [0.15, 0.2) is 41.8 Å². The van der Waals surface area contributed by atoms with Crippen LogP contribution in [0.1, 0.15) is 24.0 Å². The third kappa shape index (κ3) is 2.59. The number of aromatic nitrogens is 1. The number of pyridine rings is 1. The molecule has 0 saturated heterocycles. The molecule has 0 unspecified atom stereocenters. The Labute approximate surface area is 128 Å². The van der Waals surface area contributed by atoms with Crippen molar-refractivity contribution in [2.24, 2.45) is 0 Å². The van der Waals surface area contributed by atoms with Crippen LogP contribution in [0.3, 0.4) is 0 Å². The Morgan fingerprint density at radius 3 is 2.90 bits per heavy atom. The average molecular weight is 294 g/mol. The van der Waals surface area contributed by atoms with Gasteiger partial charge in [-0.1, -0.05) is 24.3 Å². The highest BCUT2D eigenvalue weighted by atomic mass is 32.1. The number of nitrogens with one attached hydrogen (secondary N) is 1. The van der Waals surface area contributed by atoms with E-state index in [1.54, 1.807) is 11.3 Å². The average Bonchev–Trinajstić information content (AvgIpc) is 3.17. The fourth-order valence-electron chi connectivity index (χ4n) is 2.69. The van der Waals surface area contributed by atoms with Gasteiger partial charge in [-0.2, -0.15) is 0 Å². The molecule has 21 heavy (non-hydrogen) atoms. The number of rotatable bonds is 4. The number of thiophene rings is 1. The molecule has 2 aromatic heterocycles. The van der Waals surface area contributed by atoms with E-state index in [2.05, 4.69) is 54.0 Å². The summed E-state index contributed by atoms with van der Waals surface area (Å²) in [5, 5.41) is 6.98. The van der Waals surface area contributed by atoms with Crippen LogP contribution in [-0.4, -0.2) is 11.0 Å². The number of para-hydroxylation sites is 1. The van der Waals surface area contributed by atoms with E-state index in [4.69, 9.17) is 4.98 Å². The number of aryl methyl sites for hydroxylation is 1. The van der Waals surface area contributed by atoms with Crippen molar-refractivity contribution in [1.82, 2.24) is 10.3 Å². The van der Waals surface area contributed by atoms with Crippen molar-refractivity contribution >= 4 is 22.2 Å². The summed E-state index contributed by atoms with van der Waals surface area (Å²) in [6.07, 6.45) is 2.63. The van der Waals surface area contributed by atoms with Gasteiger partial charge in [0, 0.05) is 18.0 Å². The van der Waals surface area contributed by atoms with Crippen molar-refractivity contribution in [2.45, 2.75) is 32.4 Å². The van der Waals surface area contributed by atoms with Crippen LogP contribution in [0.5, 0.6) is 0 Å². The molecule has 1 aromatic carbocycles. The largest absolute Gasteiger partial charge is 0.310 e. The second kappa shape index (κ2) is 5.24. The van der Waals surface area contributed by atoms with Gasteiger partial charge in [0.15, 0.2) is 0 Å². The minimum atomic E-state index is 0.717.